The van der Waals surface area contributed by atoms with Gasteiger partial charge in [0.1, 0.15) is 0 Å². The molecule has 142 valence electrons. The molecule has 3 saturated carbocycles. The van der Waals surface area contributed by atoms with Gasteiger partial charge in [-0.1, -0.05) is 26.0 Å². The normalized spacial score (nSPS) is 52.4. The van der Waals surface area contributed by atoms with Crippen LogP contribution in [0.25, 0.3) is 0 Å². The Kier molecular flexibility index (Phi) is 4.17. The molecule has 0 bridgehead atoms. The second kappa shape index (κ2) is 5.71. The van der Waals surface area contributed by atoms with Crippen molar-refractivity contribution in [3.05, 3.63) is 12.2 Å². The first-order chi connectivity index (χ1) is 11.6. The Labute approximate surface area is 157 Å². The lowest BCUT2D eigenvalue weighted by atomic mass is 9.45. The summed E-state index contributed by atoms with van der Waals surface area (Å²) in [4.78, 5) is 0. The fourth-order valence-corrected chi connectivity index (χ4v) is 9.58. The molecule has 1 nitrogen and oxygen atoms in total. The molecular weight excluding hydrogens is 320 g/mol. The zero-order valence-electron chi connectivity index (χ0n) is 17.5. The van der Waals surface area contributed by atoms with Crippen LogP contribution in [0, 0.1) is 34.5 Å². The van der Waals surface area contributed by atoms with Gasteiger partial charge in [0.05, 0.1) is 5.60 Å². The molecule has 7 atom stereocenters. The van der Waals surface area contributed by atoms with Gasteiger partial charge in [-0.25, -0.2) is 0 Å². The summed E-state index contributed by atoms with van der Waals surface area (Å²) in [5.41, 5.74) is 1.11. The van der Waals surface area contributed by atoms with Crippen LogP contribution in [-0.2, 0) is 4.43 Å². The van der Waals surface area contributed by atoms with Gasteiger partial charge in [0.25, 0.3) is 0 Å². The molecule has 0 spiro atoms. The van der Waals surface area contributed by atoms with Gasteiger partial charge in [-0.15, -0.1) is 0 Å². The third-order valence-electron chi connectivity index (χ3n) is 9.22. The van der Waals surface area contributed by atoms with Crippen molar-refractivity contribution in [3.8, 4) is 0 Å². The number of allylic oxidation sites excluding steroid dienone is 2. The van der Waals surface area contributed by atoms with Gasteiger partial charge in [-0.2, -0.15) is 0 Å². The quantitative estimate of drug-likeness (QED) is 0.388. The molecule has 0 amide bonds. The Bertz CT molecular complexity index is 563. The van der Waals surface area contributed by atoms with Gasteiger partial charge in [-0.05, 0) is 112 Å². The average molecular weight is 361 g/mol. The first-order valence-corrected chi connectivity index (χ1v) is 14.4. The van der Waals surface area contributed by atoms with Gasteiger partial charge in [0.15, 0.2) is 8.32 Å². The Hall–Kier alpha value is -0.0831. The molecular formula is C23H40OSi. The minimum absolute atomic E-state index is 0.122. The second-order valence-corrected chi connectivity index (χ2v) is 15.9. The van der Waals surface area contributed by atoms with E-state index in [0.717, 1.165) is 23.7 Å². The minimum atomic E-state index is -1.51. The van der Waals surface area contributed by atoms with Gasteiger partial charge < -0.3 is 4.43 Å². The van der Waals surface area contributed by atoms with Crippen LogP contribution in [0.2, 0.25) is 19.6 Å². The zero-order chi connectivity index (χ0) is 18.1. The average Bonchev–Trinajstić information content (AvgIpc) is 2.76. The van der Waals surface area contributed by atoms with Crippen molar-refractivity contribution in [3.63, 3.8) is 0 Å². The zero-order valence-corrected chi connectivity index (χ0v) is 18.5. The van der Waals surface area contributed by atoms with E-state index >= 15 is 0 Å². The second-order valence-electron chi connectivity index (χ2n) is 11.5. The van der Waals surface area contributed by atoms with Crippen LogP contribution in [0.5, 0.6) is 0 Å². The van der Waals surface area contributed by atoms with E-state index in [0.29, 0.717) is 10.8 Å². The third kappa shape index (κ3) is 2.64. The molecule has 4 rings (SSSR count). The van der Waals surface area contributed by atoms with E-state index in [4.69, 9.17) is 4.43 Å². The summed E-state index contributed by atoms with van der Waals surface area (Å²) in [6.45, 7) is 14.9. The van der Waals surface area contributed by atoms with Crippen molar-refractivity contribution in [2.24, 2.45) is 34.5 Å². The number of hydrogen-bond acceptors (Lipinski definition) is 1. The van der Waals surface area contributed by atoms with Gasteiger partial charge in [0, 0.05) is 0 Å². The first kappa shape index (κ1) is 18.3. The predicted octanol–water partition coefficient (Wildman–Crippen LogP) is 6.81. The van der Waals surface area contributed by atoms with E-state index in [1.807, 2.05) is 0 Å². The van der Waals surface area contributed by atoms with Crippen molar-refractivity contribution in [1.29, 1.82) is 0 Å². The van der Waals surface area contributed by atoms with E-state index in [1.165, 1.54) is 51.4 Å². The fraction of sp³-hybridized carbons (Fsp3) is 0.913. The predicted molar refractivity (Wildman–Crippen MR) is 109 cm³/mol. The topological polar surface area (TPSA) is 9.23 Å². The highest BCUT2D eigenvalue weighted by atomic mass is 28.4. The number of fused-ring (bicyclic) bond motifs is 5. The maximum Gasteiger partial charge on any atom is 0.184 e. The lowest BCUT2D eigenvalue weighted by molar-refractivity contribution is -0.129. The molecule has 0 heterocycles. The summed E-state index contributed by atoms with van der Waals surface area (Å²) in [7, 11) is -1.51. The van der Waals surface area contributed by atoms with Crippen molar-refractivity contribution in [2.45, 2.75) is 97.4 Å². The standard InChI is InChI=1S/C23H40OSi/c1-21-14-8-7-9-17(21)10-11-18-19(21)12-15-22(2)20(18)13-16-23(22,3)24-25(4,5)6/h7,9,17-20H,8,10-16H2,1-6H3/t17-,18+,19-,20-,21-,22-,23?/m0/s1. The Morgan fingerprint density at radius 2 is 1.60 bits per heavy atom. The molecule has 0 saturated heterocycles. The van der Waals surface area contributed by atoms with Gasteiger partial charge in [0.2, 0.25) is 0 Å². The SMILES string of the molecule is CC1(O[Si](C)(C)C)CC[C@H]2[C@@H]3CC[C@@H]4C=CCC[C@]4(C)[C@H]3CC[C@@]21C. The highest BCUT2D eigenvalue weighted by Crippen LogP contribution is 2.68. The third-order valence-corrected chi connectivity index (χ3v) is 10.3. The molecule has 0 aliphatic heterocycles. The first-order valence-electron chi connectivity index (χ1n) is 11.0. The summed E-state index contributed by atoms with van der Waals surface area (Å²) < 4.78 is 6.90. The van der Waals surface area contributed by atoms with Crippen LogP contribution in [0.1, 0.15) is 72.1 Å². The van der Waals surface area contributed by atoms with E-state index in [-0.39, 0.29) is 5.60 Å². The van der Waals surface area contributed by atoms with Crippen LogP contribution >= 0.6 is 0 Å². The number of rotatable bonds is 2. The maximum absolute atomic E-state index is 6.90. The molecule has 0 aromatic rings. The number of hydrogen-bond donors (Lipinski definition) is 0. The molecule has 3 fully saturated rings. The van der Waals surface area contributed by atoms with E-state index in [9.17, 15) is 0 Å². The van der Waals surface area contributed by atoms with Crippen LogP contribution < -0.4 is 0 Å². The molecule has 0 N–H and O–H groups in total. The highest BCUT2D eigenvalue weighted by molar-refractivity contribution is 6.69. The Morgan fingerprint density at radius 1 is 0.880 bits per heavy atom. The largest absolute Gasteiger partial charge is 0.412 e. The highest BCUT2D eigenvalue weighted by Gasteiger charge is 2.63. The Morgan fingerprint density at radius 3 is 2.32 bits per heavy atom. The molecule has 4 aliphatic carbocycles. The minimum Gasteiger partial charge on any atom is -0.412 e. The van der Waals surface area contributed by atoms with E-state index in [1.54, 1.807) is 0 Å². The molecule has 25 heavy (non-hydrogen) atoms. The van der Waals surface area contributed by atoms with Crippen LogP contribution in [0.3, 0.4) is 0 Å². The van der Waals surface area contributed by atoms with E-state index in [2.05, 4.69) is 52.6 Å². The molecule has 0 aromatic heterocycles. The van der Waals surface area contributed by atoms with Crippen molar-refractivity contribution in [2.75, 3.05) is 0 Å². The molecule has 0 radical (unpaired) electrons. The maximum atomic E-state index is 6.90. The summed E-state index contributed by atoms with van der Waals surface area (Å²) in [6.07, 6.45) is 16.3. The lowest BCUT2D eigenvalue weighted by Gasteiger charge is -2.61. The molecule has 2 heteroatoms. The molecule has 1 unspecified atom stereocenters. The lowest BCUT2D eigenvalue weighted by Crippen LogP contribution is -2.57. The van der Waals surface area contributed by atoms with Crippen LogP contribution in [-0.4, -0.2) is 13.9 Å². The van der Waals surface area contributed by atoms with Gasteiger partial charge in [-0.3, -0.25) is 0 Å². The van der Waals surface area contributed by atoms with Crippen molar-refractivity contribution < 1.29 is 4.43 Å². The smallest absolute Gasteiger partial charge is 0.184 e. The summed E-state index contributed by atoms with van der Waals surface area (Å²) in [6, 6.07) is 0. The Balaban J connectivity index is 1.63. The summed E-state index contributed by atoms with van der Waals surface area (Å²) in [5, 5.41) is 0. The van der Waals surface area contributed by atoms with E-state index < -0.39 is 8.32 Å². The van der Waals surface area contributed by atoms with Crippen molar-refractivity contribution in [1.82, 2.24) is 0 Å². The molecule has 4 aliphatic rings. The van der Waals surface area contributed by atoms with Crippen molar-refractivity contribution >= 4 is 8.32 Å². The summed E-state index contributed by atoms with van der Waals surface area (Å²) >= 11 is 0. The van der Waals surface area contributed by atoms with Gasteiger partial charge >= 0.3 is 0 Å². The molecule has 0 aromatic carbocycles. The van der Waals surface area contributed by atoms with Crippen LogP contribution in [0.15, 0.2) is 12.2 Å². The van der Waals surface area contributed by atoms with Crippen LogP contribution in [0.4, 0.5) is 0 Å². The monoisotopic (exact) mass is 360 g/mol. The summed E-state index contributed by atoms with van der Waals surface area (Å²) in [5.74, 6) is 3.68. The fourth-order valence-electron chi connectivity index (χ4n) is 7.90.